The average Bonchev–Trinajstić information content (AvgIpc) is 2.80. The molecule has 1 aliphatic rings. The number of rotatable bonds is 11. The van der Waals surface area contributed by atoms with Crippen LogP contribution in [0.15, 0.2) is 36.4 Å². The van der Waals surface area contributed by atoms with E-state index in [4.69, 9.17) is 18.9 Å². The smallest absolute Gasteiger partial charge is 0.238 e. The lowest BCUT2D eigenvalue weighted by Crippen LogP contribution is -2.38. The van der Waals surface area contributed by atoms with Gasteiger partial charge in [0.05, 0.1) is 32.0 Å². The molecule has 2 aromatic rings. The molecule has 9 nitrogen and oxygen atoms in total. The monoisotopic (exact) mass is 457 g/mol. The van der Waals surface area contributed by atoms with Gasteiger partial charge in [0.1, 0.15) is 24.7 Å². The van der Waals surface area contributed by atoms with Crippen LogP contribution in [0.4, 0.5) is 11.4 Å². The summed E-state index contributed by atoms with van der Waals surface area (Å²) in [6, 6.07) is 10.6. The quantitative estimate of drug-likeness (QED) is 0.535. The number of likely N-dealkylation sites (N-methyl/N-ethyl adjacent to an activating group) is 1. The molecule has 0 spiro atoms. The summed E-state index contributed by atoms with van der Waals surface area (Å²) in [5.74, 6) is 1.99. The zero-order chi connectivity index (χ0) is 23.6. The van der Waals surface area contributed by atoms with Gasteiger partial charge in [-0.15, -0.1) is 0 Å². The molecule has 2 amide bonds. The first-order valence-electron chi connectivity index (χ1n) is 11.1. The molecule has 1 heterocycles. The van der Waals surface area contributed by atoms with Gasteiger partial charge in [0, 0.05) is 17.8 Å². The number of nitrogens with one attached hydrogen (secondary N) is 2. The SMILES string of the molecule is CCOc1ccc(OCC)c(NC(=O)CN(CC)CC(=O)Nc2ccc3c(c2)OCCO3)c1. The molecule has 3 rings (SSSR count). The van der Waals surface area contributed by atoms with Crippen LogP contribution in [-0.4, -0.2) is 62.8 Å². The van der Waals surface area contributed by atoms with E-state index in [0.717, 1.165) is 0 Å². The Morgan fingerprint density at radius 2 is 1.58 bits per heavy atom. The van der Waals surface area contributed by atoms with E-state index >= 15 is 0 Å². The van der Waals surface area contributed by atoms with E-state index in [-0.39, 0.29) is 24.9 Å². The molecule has 9 heteroatoms. The Morgan fingerprint density at radius 1 is 0.879 bits per heavy atom. The maximum atomic E-state index is 12.7. The standard InChI is InChI=1S/C24H31N3O6/c1-4-27(15-23(28)25-17-7-9-21-22(13-17)33-12-11-32-21)16-24(29)26-19-14-18(30-5-2)8-10-20(19)31-6-3/h7-10,13-14H,4-6,11-12,15-16H2,1-3H3,(H,25,28)(H,26,29). The summed E-state index contributed by atoms with van der Waals surface area (Å²) in [7, 11) is 0. The number of amides is 2. The number of fused-ring (bicyclic) bond motifs is 1. The molecular formula is C24H31N3O6. The minimum atomic E-state index is -0.251. The normalized spacial score (nSPS) is 12.2. The number of hydrogen-bond donors (Lipinski definition) is 2. The number of hydrogen-bond acceptors (Lipinski definition) is 7. The molecule has 2 N–H and O–H groups in total. The topological polar surface area (TPSA) is 98.4 Å². The van der Waals surface area contributed by atoms with Crippen LogP contribution in [0.25, 0.3) is 0 Å². The Bertz CT molecular complexity index is 965. The van der Waals surface area contributed by atoms with Crippen LogP contribution in [0, 0.1) is 0 Å². The minimum absolute atomic E-state index is 0.0511. The minimum Gasteiger partial charge on any atom is -0.494 e. The molecule has 2 aromatic carbocycles. The third kappa shape index (κ3) is 7.01. The molecule has 1 aliphatic heterocycles. The van der Waals surface area contributed by atoms with Gasteiger partial charge in [-0.05, 0) is 44.7 Å². The highest BCUT2D eigenvalue weighted by atomic mass is 16.6. The van der Waals surface area contributed by atoms with Crippen molar-refractivity contribution in [3.63, 3.8) is 0 Å². The first kappa shape index (κ1) is 24.2. The number of ether oxygens (including phenoxy) is 4. The fourth-order valence-corrected chi connectivity index (χ4v) is 3.34. The Kier molecular flexibility index (Phi) is 8.77. The third-order valence-electron chi connectivity index (χ3n) is 4.84. The van der Waals surface area contributed by atoms with Gasteiger partial charge >= 0.3 is 0 Å². The predicted molar refractivity (Wildman–Crippen MR) is 126 cm³/mol. The van der Waals surface area contributed by atoms with Crippen molar-refractivity contribution in [2.45, 2.75) is 20.8 Å². The van der Waals surface area contributed by atoms with Crippen LogP contribution in [0.2, 0.25) is 0 Å². The zero-order valence-electron chi connectivity index (χ0n) is 19.3. The van der Waals surface area contributed by atoms with E-state index in [0.29, 0.717) is 67.3 Å². The summed E-state index contributed by atoms with van der Waals surface area (Å²) in [5.41, 5.74) is 1.14. The van der Waals surface area contributed by atoms with E-state index in [1.54, 1.807) is 41.3 Å². The number of carbonyl (C=O) groups excluding carboxylic acids is 2. The summed E-state index contributed by atoms with van der Waals surface area (Å²) in [5, 5.41) is 5.71. The van der Waals surface area contributed by atoms with Crippen LogP contribution in [0.1, 0.15) is 20.8 Å². The maximum Gasteiger partial charge on any atom is 0.238 e. The fraction of sp³-hybridized carbons (Fsp3) is 0.417. The maximum absolute atomic E-state index is 12.7. The van der Waals surface area contributed by atoms with Gasteiger partial charge in [-0.1, -0.05) is 6.92 Å². The highest BCUT2D eigenvalue weighted by molar-refractivity contribution is 5.95. The number of nitrogens with zero attached hydrogens (tertiary/aromatic N) is 1. The zero-order valence-corrected chi connectivity index (χ0v) is 19.3. The molecule has 0 aliphatic carbocycles. The van der Waals surface area contributed by atoms with Crippen molar-refractivity contribution in [1.29, 1.82) is 0 Å². The van der Waals surface area contributed by atoms with Crippen molar-refractivity contribution in [3.05, 3.63) is 36.4 Å². The summed E-state index contributed by atoms with van der Waals surface area (Å²) in [4.78, 5) is 27.0. The van der Waals surface area contributed by atoms with Gasteiger partial charge in [-0.2, -0.15) is 0 Å². The average molecular weight is 458 g/mol. The van der Waals surface area contributed by atoms with E-state index in [2.05, 4.69) is 10.6 Å². The van der Waals surface area contributed by atoms with Gasteiger partial charge in [-0.25, -0.2) is 0 Å². The molecule has 33 heavy (non-hydrogen) atoms. The Hall–Kier alpha value is -3.46. The second-order valence-corrected chi connectivity index (χ2v) is 7.28. The Balaban J connectivity index is 1.57. The van der Waals surface area contributed by atoms with Gasteiger partial charge in [0.15, 0.2) is 11.5 Å². The molecule has 0 aromatic heterocycles. The van der Waals surface area contributed by atoms with Gasteiger partial charge < -0.3 is 29.6 Å². The number of anilines is 2. The van der Waals surface area contributed by atoms with Crippen LogP contribution in [0.3, 0.4) is 0 Å². The van der Waals surface area contributed by atoms with Crippen molar-refractivity contribution < 1.29 is 28.5 Å². The number of carbonyl (C=O) groups is 2. The van der Waals surface area contributed by atoms with E-state index < -0.39 is 0 Å². The van der Waals surface area contributed by atoms with E-state index in [1.807, 2.05) is 20.8 Å². The van der Waals surface area contributed by atoms with Crippen LogP contribution in [-0.2, 0) is 9.59 Å². The second kappa shape index (κ2) is 12.0. The van der Waals surface area contributed by atoms with Crippen molar-refractivity contribution in [2.24, 2.45) is 0 Å². The lowest BCUT2D eigenvalue weighted by Gasteiger charge is -2.21. The lowest BCUT2D eigenvalue weighted by molar-refractivity contribution is -0.119. The highest BCUT2D eigenvalue weighted by Gasteiger charge is 2.17. The molecular weight excluding hydrogens is 426 g/mol. The molecule has 0 saturated heterocycles. The second-order valence-electron chi connectivity index (χ2n) is 7.28. The van der Waals surface area contributed by atoms with E-state index in [1.165, 1.54) is 0 Å². The molecule has 0 radical (unpaired) electrons. The van der Waals surface area contributed by atoms with Crippen molar-refractivity contribution in [1.82, 2.24) is 4.90 Å². The summed E-state index contributed by atoms with van der Waals surface area (Å²) in [6.07, 6.45) is 0. The van der Waals surface area contributed by atoms with Crippen molar-refractivity contribution in [3.8, 4) is 23.0 Å². The van der Waals surface area contributed by atoms with Crippen molar-refractivity contribution >= 4 is 23.2 Å². The van der Waals surface area contributed by atoms with Gasteiger partial charge in [0.25, 0.3) is 0 Å². The predicted octanol–water partition coefficient (Wildman–Crippen LogP) is 3.15. The van der Waals surface area contributed by atoms with Gasteiger partial charge in [0.2, 0.25) is 11.8 Å². The largest absolute Gasteiger partial charge is 0.494 e. The third-order valence-corrected chi connectivity index (χ3v) is 4.84. The molecule has 178 valence electrons. The number of benzene rings is 2. The summed E-state index contributed by atoms with van der Waals surface area (Å²) >= 11 is 0. The summed E-state index contributed by atoms with van der Waals surface area (Å²) < 4.78 is 22.2. The first-order valence-corrected chi connectivity index (χ1v) is 11.1. The molecule has 0 fully saturated rings. The summed E-state index contributed by atoms with van der Waals surface area (Å²) in [6.45, 7) is 8.28. The Labute approximate surface area is 193 Å². The Morgan fingerprint density at radius 3 is 2.27 bits per heavy atom. The van der Waals surface area contributed by atoms with Gasteiger partial charge in [-0.3, -0.25) is 14.5 Å². The first-order chi connectivity index (χ1) is 16.0. The highest BCUT2D eigenvalue weighted by Crippen LogP contribution is 2.32. The fourth-order valence-electron chi connectivity index (χ4n) is 3.34. The molecule has 0 unspecified atom stereocenters. The van der Waals surface area contributed by atoms with Crippen LogP contribution in [0.5, 0.6) is 23.0 Å². The van der Waals surface area contributed by atoms with Crippen LogP contribution < -0.4 is 29.6 Å². The molecule has 0 atom stereocenters. The van der Waals surface area contributed by atoms with Crippen LogP contribution >= 0.6 is 0 Å². The van der Waals surface area contributed by atoms with Crippen molar-refractivity contribution in [2.75, 3.05) is 56.7 Å². The van der Waals surface area contributed by atoms with E-state index in [9.17, 15) is 9.59 Å². The molecule has 0 saturated carbocycles. The lowest BCUT2D eigenvalue weighted by atomic mass is 10.2. The molecule has 0 bridgehead atoms.